The van der Waals surface area contributed by atoms with Crippen LogP contribution in [0.5, 0.6) is 0 Å². The van der Waals surface area contributed by atoms with Crippen LogP contribution in [0.2, 0.25) is 5.02 Å². The van der Waals surface area contributed by atoms with E-state index in [0.29, 0.717) is 5.02 Å². The van der Waals surface area contributed by atoms with Crippen molar-refractivity contribution in [1.29, 1.82) is 0 Å². The van der Waals surface area contributed by atoms with Crippen LogP contribution in [0.4, 0.5) is 5.69 Å². The second kappa shape index (κ2) is 4.39. The van der Waals surface area contributed by atoms with E-state index >= 15 is 0 Å². The average molecular weight is 268 g/mol. The maximum atomic E-state index is 10.9. The minimum atomic E-state index is -1.01. The number of carbonyl (C=O) groups is 1. The minimum Gasteiger partial charge on any atom is -0.477 e. The molecule has 1 heterocycles. The van der Waals surface area contributed by atoms with Gasteiger partial charge in [-0.2, -0.15) is 0 Å². The summed E-state index contributed by atoms with van der Waals surface area (Å²) in [6.07, 6.45) is 0. The van der Waals surface area contributed by atoms with E-state index in [1.54, 1.807) is 6.07 Å². The van der Waals surface area contributed by atoms with Gasteiger partial charge in [-0.15, -0.1) is 11.3 Å². The number of anilines is 1. The van der Waals surface area contributed by atoms with Gasteiger partial charge in [0.25, 0.3) is 0 Å². The lowest BCUT2D eigenvalue weighted by Gasteiger charge is -2.01. The molecule has 0 bridgehead atoms. The SMILES string of the molecule is Cc1ccc(-c2cc(N)c(C(=O)O)s2)c(Cl)c1. The van der Waals surface area contributed by atoms with Crippen LogP contribution in [0.15, 0.2) is 24.3 Å². The topological polar surface area (TPSA) is 63.3 Å². The van der Waals surface area contributed by atoms with Gasteiger partial charge in [0.1, 0.15) is 4.88 Å². The fraction of sp³-hybridized carbons (Fsp3) is 0.0833. The summed E-state index contributed by atoms with van der Waals surface area (Å²) in [5, 5.41) is 9.54. The van der Waals surface area contributed by atoms with Crippen molar-refractivity contribution in [2.75, 3.05) is 5.73 Å². The molecular formula is C12H10ClNO2S. The Labute approximate surface area is 107 Å². The van der Waals surface area contributed by atoms with Crippen LogP contribution < -0.4 is 5.73 Å². The number of halogens is 1. The number of carboxylic acids is 1. The minimum absolute atomic E-state index is 0.150. The van der Waals surface area contributed by atoms with E-state index in [2.05, 4.69) is 0 Å². The van der Waals surface area contributed by atoms with Crippen LogP contribution in [0.3, 0.4) is 0 Å². The van der Waals surface area contributed by atoms with E-state index in [1.807, 2.05) is 25.1 Å². The first kappa shape index (κ1) is 12.0. The lowest BCUT2D eigenvalue weighted by molar-refractivity contribution is 0.0703. The Kier molecular flexibility index (Phi) is 3.09. The molecule has 1 aromatic carbocycles. The first-order valence-corrected chi connectivity index (χ1v) is 6.07. The monoisotopic (exact) mass is 267 g/mol. The Morgan fingerprint density at radius 1 is 1.41 bits per heavy atom. The van der Waals surface area contributed by atoms with Gasteiger partial charge in [-0.3, -0.25) is 0 Å². The Morgan fingerprint density at radius 3 is 2.65 bits per heavy atom. The Bertz CT molecular complexity index is 592. The van der Waals surface area contributed by atoms with Crippen LogP contribution in [-0.2, 0) is 0 Å². The highest BCUT2D eigenvalue weighted by atomic mass is 35.5. The second-order valence-corrected chi connectivity index (χ2v) is 5.14. The summed E-state index contributed by atoms with van der Waals surface area (Å²) in [6.45, 7) is 1.95. The van der Waals surface area contributed by atoms with Gasteiger partial charge in [0.15, 0.2) is 0 Å². The van der Waals surface area contributed by atoms with Crippen LogP contribution in [0.25, 0.3) is 10.4 Å². The van der Waals surface area contributed by atoms with E-state index in [-0.39, 0.29) is 10.6 Å². The Balaban J connectivity index is 2.53. The smallest absolute Gasteiger partial charge is 0.348 e. The van der Waals surface area contributed by atoms with Crippen molar-refractivity contribution >= 4 is 34.6 Å². The summed E-state index contributed by atoms with van der Waals surface area (Å²) < 4.78 is 0. The van der Waals surface area contributed by atoms with Gasteiger partial charge in [0.2, 0.25) is 0 Å². The molecule has 1 aromatic heterocycles. The summed E-state index contributed by atoms with van der Waals surface area (Å²) in [4.78, 5) is 11.8. The molecule has 0 saturated heterocycles. The van der Waals surface area contributed by atoms with Crippen molar-refractivity contribution < 1.29 is 9.90 Å². The van der Waals surface area contributed by atoms with E-state index in [4.69, 9.17) is 22.4 Å². The summed E-state index contributed by atoms with van der Waals surface area (Å²) in [5.41, 5.74) is 7.78. The first-order valence-electron chi connectivity index (χ1n) is 4.88. The molecule has 2 rings (SSSR count). The number of aromatic carboxylic acids is 1. The lowest BCUT2D eigenvalue weighted by atomic mass is 10.1. The number of thiophene rings is 1. The third-order valence-corrected chi connectivity index (χ3v) is 3.83. The molecule has 0 aliphatic carbocycles. The number of nitrogen functional groups attached to an aromatic ring is 1. The van der Waals surface area contributed by atoms with Crippen molar-refractivity contribution in [3.8, 4) is 10.4 Å². The van der Waals surface area contributed by atoms with Crippen LogP contribution in [0.1, 0.15) is 15.2 Å². The van der Waals surface area contributed by atoms with Crippen LogP contribution >= 0.6 is 22.9 Å². The van der Waals surface area contributed by atoms with E-state index in [9.17, 15) is 4.79 Å². The van der Waals surface area contributed by atoms with Gasteiger partial charge in [0.05, 0.1) is 5.69 Å². The highest BCUT2D eigenvalue weighted by Gasteiger charge is 2.15. The quantitative estimate of drug-likeness (QED) is 0.873. The van der Waals surface area contributed by atoms with Crippen LogP contribution in [-0.4, -0.2) is 11.1 Å². The molecule has 3 nitrogen and oxygen atoms in total. The van der Waals surface area contributed by atoms with Crippen LogP contribution in [0, 0.1) is 6.92 Å². The van der Waals surface area contributed by atoms with Crippen molar-refractivity contribution in [2.45, 2.75) is 6.92 Å². The van der Waals surface area contributed by atoms with Gasteiger partial charge in [-0.1, -0.05) is 23.7 Å². The Morgan fingerprint density at radius 2 is 2.12 bits per heavy atom. The largest absolute Gasteiger partial charge is 0.477 e. The van der Waals surface area contributed by atoms with Gasteiger partial charge in [-0.25, -0.2) is 4.79 Å². The maximum Gasteiger partial charge on any atom is 0.348 e. The second-order valence-electron chi connectivity index (χ2n) is 3.68. The summed E-state index contributed by atoms with van der Waals surface area (Å²) in [7, 11) is 0. The maximum absolute atomic E-state index is 10.9. The van der Waals surface area contributed by atoms with Crippen molar-refractivity contribution in [2.24, 2.45) is 0 Å². The number of carboxylic acid groups (broad SMARTS) is 1. The van der Waals surface area contributed by atoms with E-state index in [1.165, 1.54) is 0 Å². The standard InChI is InChI=1S/C12H10ClNO2S/c1-6-2-3-7(8(13)4-6)10-5-9(14)11(17-10)12(15)16/h2-5H,14H2,1H3,(H,15,16). The number of hydrogen-bond acceptors (Lipinski definition) is 3. The van der Waals surface area contributed by atoms with E-state index < -0.39 is 5.97 Å². The predicted octanol–water partition coefficient (Wildman–Crippen LogP) is 3.66. The van der Waals surface area contributed by atoms with Crippen molar-refractivity contribution in [3.05, 3.63) is 39.7 Å². The lowest BCUT2D eigenvalue weighted by Crippen LogP contribution is -1.96. The highest BCUT2D eigenvalue weighted by Crippen LogP contribution is 2.37. The van der Waals surface area contributed by atoms with Crippen molar-refractivity contribution in [3.63, 3.8) is 0 Å². The van der Waals surface area contributed by atoms with Gasteiger partial charge >= 0.3 is 5.97 Å². The van der Waals surface area contributed by atoms with Crippen molar-refractivity contribution in [1.82, 2.24) is 0 Å². The highest BCUT2D eigenvalue weighted by molar-refractivity contribution is 7.18. The Hall–Kier alpha value is -1.52. The number of aryl methyl sites for hydroxylation is 1. The zero-order valence-corrected chi connectivity index (χ0v) is 10.6. The summed E-state index contributed by atoms with van der Waals surface area (Å²) >= 11 is 7.26. The molecule has 0 atom stereocenters. The van der Waals surface area contributed by atoms with Gasteiger partial charge in [-0.05, 0) is 24.6 Å². The molecule has 0 amide bonds. The zero-order chi connectivity index (χ0) is 12.6. The molecule has 3 N–H and O–H groups in total. The molecule has 0 fully saturated rings. The molecule has 88 valence electrons. The number of rotatable bonds is 2. The number of nitrogens with two attached hydrogens (primary N) is 1. The first-order chi connectivity index (χ1) is 7.99. The number of hydrogen-bond donors (Lipinski definition) is 2. The third kappa shape index (κ3) is 2.28. The molecule has 0 spiro atoms. The molecule has 0 radical (unpaired) electrons. The molecule has 17 heavy (non-hydrogen) atoms. The average Bonchev–Trinajstić information content (AvgIpc) is 2.60. The molecular weight excluding hydrogens is 258 g/mol. The fourth-order valence-corrected chi connectivity index (χ4v) is 2.88. The third-order valence-electron chi connectivity index (χ3n) is 2.35. The molecule has 0 aliphatic rings. The molecule has 5 heteroatoms. The zero-order valence-electron chi connectivity index (χ0n) is 9.03. The van der Waals surface area contributed by atoms with Gasteiger partial charge in [0, 0.05) is 15.5 Å². The molecule has 0 saturated carbocycles. The van der Waals surface area contributed by atoms with Gasteiger partial charge < -0.3 is 10.8 Å². The number of benzene rings is 1. The fourth-order valence-electron chi connectivity index (χ4n) is 1.52. The normalized spacial score (nSPS) is 10.5. The predicted molar refractivity (Wildman–Crippen MR) is 70.9 cm³/mol. The molecule has 0 aliphatic heterocycles. The van der Waals surface area contributed by atoms with E-state index in [0.717, 1.165) is 27.3 Å². The molecule has 0 unspecified atom stereocenters. The summed E-state index contributed by atoms with van der Waals surface area (Å²) in [5.74, 6) is -1.01. The summed E-state index contributed by atoms with van der Waals surface area (Å²) in [6, 6.07) is 7.28. The molecule has 2 aromatic rings.